The molecular formula is C28H42O6. The molecule has 0 heterocycles. The molecule has 3 N–H and O–H groups in total. The Labute approximate surface area is 203 Å². The molecule has 0 amide bonds. The zero-order chi connectivity index (χ0) is 25.5. The van der Waals surface area contributed by atoms with Crippen LogP contribution in [0.15, 0.2) is 11.6 Å². The van der Waals surface area contributed by atoms with E-state index in [9.17, 15) is 29.7 Å². The van der Waals surface area contributed by atoms with Gasteiger partial charge in [0.2, 0.25) is 0 Å². The predicted molar refractivity (Wildman–Crippen MR) is 128 cm³/mol. The van der Waals surface area contributed by atoms with Crippen molar-refractivity contribution >= 4 is 17.7 Å². The third-order valence-corrected chi connectivity index (χ3v) is 11.6. The van der Waals surface area contributed by atoms with Gasteiger partial charge >= 0.3 is 11.9 Å². The number of aliphatic carboxylic acids is 2. The van der Waals surface area contributed by atoms with E-state index in [4.69, 9.17) is 0 Å². The average Bonchev–Trinajstić information content (AvgIpc) is 2.70. The molecule has 4 rings (SSSR count). The lowest BCUT2D eigenvalue weighted by atomic mass is 9.35. The van der Waals surface area contributed by atoms with Gasteiger partial charge in [0.15, 0.2) is 0 Å². The molecule has 0 unspecified atom stereocenters. The van der Waals surface area contributed by atoms with Gasteiger partial charge in [-0.3, -0.25) is 14.4 Å². The van der Waals surface area contributed by atoms with E-state index >= 15 is 0 Å². The predicted octanol–water partition coefficient (Wildman–Crippen LogP) is 5.09. The maximum Gasteiger partial charge on any atom is 0.310 e. The number of rotatable bonds is 4. The van der Waals surface area contributed by atoms with Crippen LogP contribution < -0.4 is 0 Å². The normalized spacial score (nSPS) is 47.4. The van der Waals surface area contributed by atoms with E-state index in [-0.39, 0.29) is 40.3 Å². The number of aliphatic hydroxyl groups is 1. The summed E-state index contributed by atoms with van der Waals surface area (Å²) in [6, 6.07) is 0. The number of aliphatic hydroxyl groups excluding tert-OH is 1. The molecule has 0 aromatic rings. The van der Waals surface area contributed by atoms with Gasteiger partial charge in [-0.25, -0.2) is 0 Å². The van der Waals surface area contributed by atoms with Crippen molar-refractivity contribution in [2.75, 3.05) is 0 Å². The molecular weight excluding hydrogens is 432 g/mol. The number of carboxylic acids is 2. The van der Waals surface area contributed by atoms with Gasteiger partial charge in [-0.15, -0.1) is 0 Å². The Bertz CT molecular complexity index is 951. The second kappa shape index (κ2) is 7.65. The fourth-order valence-corrected chi connectivity index (χ4v) is 9.22. The zero-order valence-corrected chi connectivity index (χ0v) is 21.6. The first-order chi connectivity index (χ1) is 15.6. The Morgan fingerprint density at radius 3 is 2.15 bits per heavy atom. The van der Waals surface area contributed by atoms with E-state index < -0.39 is 34.8 Å². The fraction of sp³-hybridized carbons (Fsp3) is 0.821. The summed E-state index contributed by atoms with van der Waals surface area (Å²) in [7, 11) is 0. The summed E-state index contributed by atoms with van der Waals surface area (Å²) in [4.78, 5) is 37.3. The summed E-state index contributed by atoms with van der Waals surface area (Å²) in [5.41, 5.74) is -1.55. The third kappa shape index (κ3) is 3.12. The Morgan fingerprint density at radius 1 is 0.971 bits per heavy atom. The second-order valence-electron chi connectivity index (χ2n) is 13.3. The summed E-state index contributed by atoms with van der Waals surface area (Å²) in [5.74, 6) is -2.36. The lowest BCUT2D eigenvalue weighted by Crippen LogP contribution is -2.65. The molecule has 0 spiro atoms. The molecule has 4 aliphatic rings. The first-order valence-electron chi connectivity index (χ1n) is 12.9. The maximum absolute atomic E-state index is 12.7. The smallest absolute Gasteiger partial charge is 0.310 e. The first kappa shape index (κ1) is 25.4. The number of carbonyl (C=O) groups is 3. The Kier molecular flexibility index (Phi) is 5.72. The van der Waals surface area contributed by atoms with E-state index in [1.807, 2.05) is 20.8 Å². The highest BCUT2D eigenvalue weighted by Crippen LogP contribution is 2.73. The van der Waals surface area contributed by atoms with E-state index in [0.29, 0.717) is 38.5 Å². The van der Waals surface area contributed by atoms with Crippen LogP contribution in [-0.4, -0.2) is 39.1 Å². The molecule has 8 atom stereocenters. The van der Waals surface area contributed by atoms with Crippen LogP contribution in [-0.2, 0) is 14.4 Å². The molecule has 0 aromatic carbocycles. The summed E-state index contributed by atoms with van der Waals surface area (Å²) in [5, 5.41) is 31.8. The molecule has 3 saturated carbocycles. The summed E-state index contributed by atoms with van der Waals surface area (Å²) >= 11 is 0. The number of allylic oxidation sites excluding steroid dienone is 1. The van der Waals surface area contributed by atoms with Gasteiger partial charge < -0.3 is 15.3 Å². The first-order valence-corrected chi connectivity index (χ1v) is 12.9. The monoisotopic (exact) mass is 474 g/mol. The van der Waals surface area contributed by atoms with Crippen molar-refractivity contribution in [1.29, 1.82) is 0 Å². The second-order valence-corrected chi connectivity index (χ2v) is 13.3. The van der Waals surface area contributed by atoms with Crippen molar-refractivity contribution in [3.8, 4) is 0 Å². The average molecular weight is 475 g/mol. The molecule has 3 fully saturated rings. The molecule has 0 saturated heterocycles. The fourth-order valence-electron chi connectivity index (χ4n) is 9.22. The maximum atomic E-state index is 12.7. The van der Waals surface area contributed by atoms with Gasteiger partial charge in [0.25, 0.3) is 0 Å². The topological polar surface area (TPSA) is 112 Å². The third-order valence-electron chi connectivity index (χ3n) is 11.6. The molecule has 0 bridgehead atoms. The SMILES string of the molecule is CC(=O)[C@@H]1CC[C@]2(C)[C@H](CC=C3[C@@H]4[C@H](O)C(C)(C)CC[C@]4(C(=O)O)CC[C@]32C)[C@@]1(C)CC(=O)O. The largest absolute Gasteiger partial charge is 0.481 e. The van der Waals surface area contributed by atoms with Crippen molar-refractivity contribution in [3.63, 3.8) is 0 Å². The van der Waals surface area contributed by atoms with Crippen LogP contribution >= 0.6 is 0 Å². The quantitative estimate of drug-likeness (QED) is 0.490. The van der Waals surface area contributed by atoms with Crippen molar-refractivity contribution in [2.45, 2.75) is 99.0 Å². The summed E-state index contributed by atoms with van der Waals surface area (Å²) in [6.07, 6.45) is 5.89. The molecule has 190 valence electrons. The molecule has 6 heteroatoms. The standard InChI is InChI=1S/C28H42O6/c1-16(29)17-9-10-27(6)19(25(17,4)15-20(30)31)8-7-18-21-22(32)24(2,3)11-13-28(21,23(33)34)14-12-26(18,27)5/h7,17,19,21-22,32H,8-15H2,1-6H3,(H,30,31)(H,33,34)/t17-,19+,21+,22-,25-,26+,27+,28-/m0/s1. The van der Waals surface area contributed by atoms with Crippen LogP contribution in [0.4, 0.5) is 0 Å². The summed E-state index contributed by atoms with van der Waals surface area (Å²) < 4.78 is 0. The molecule has 6 nitrogen and oxygen atoms in total. The number of hydrogen-bond donors (Lipinski definition) is 3. The highest BCUT2D eigenvalue weighted by atomic mass is 16.4. The van der Waals surface area contributed by atoms with E-state index in [1.165, 1.54) is 0 Å². The van der Waals surface area contributed by atoms with Gasteiger partial charge in [0.05, 0.1) is 17.9 Å². The van der Waals surface area contributed by atoms with E-state index in [1.54, 1.807) is 6.92 Å². The van der Waals surface area contributed by atoms with Crippen LogP contribution in [0.25, 0.3) is 0 Å². The Balaban J connectivity index is 1.88. The minimum atomic E-state index is -0.954. The molecule has 0 aliphatic heterocycles. The Morgan fingerprint density at radius 2 is 1.59 bits per heavy atom. The van der Waals surface area contributed by atoms with Crippen molar-refractivity contribution in [2.24, 2.45) is 44.8 Å². The highest BCUT2D eigenvalue weighted by Gasteiger charge is 2.69. The van der Waals surface area contributed by atoms with Crippen LogP contribution in [0.1, 0.15) is 92.9 Å². The lowest BCUT2D eigenvalue weighted by molar-refractivity contribution is -0.191. The number of carboxylic acid groups (broad SMARTS) is 2. The molecule has 0 aromatic heterocycles. The van der Waals surface area contributed by atoms with Gasteiger partial charge in [-0.05, 0) is 79.4 Å². The summed E-state index contributed by atoms with van der Waals surface area (Å²) in [6.45, 7) is 12.1. The van der Waals surface area contributed by atoms with E-state index in [0.717, 1.165) is 12.0 Å². The zero-order valence-electron chi connectivity index (χ0n) is 21.6. The van der Waals surface area contributed by atoms with Gasteiger partial charge in [0.1, 0.15) is 5.78 Å². The van der Waals surface area contributed by atoms with Crippen LogP contribution in [0.5, 0.6) is 0 Å². The minimum absolute atomic E-state index is 0.00132. The van der Waals surface area contributed by atoms with Crippen molar-refractivity contribution < 1.29 is 29.7 Å². The molecule has 0 radical (unpaired) electrons. The lowest BCUT2D eigenvalue weighted by Gasteiger charge is -2.68. The number of fused-ring (bicyclic) bond motifs is 5. The highest BCUT2D eigenvalue weighted by molar-refractivity contribution is 5.81. The molecule has 4 aliphatic carbocycles. The van der Waals surface area contributed by atoms with Gasteiger partial charge in [0, 0.05) is 11.8 Å². The number of Topliss-reactive ketones (excluding diaryl/α,β-unsaturated/α-hetero) is 1. The van der Waals surface area contributed by atoms with Gasteiger partial charge in [-0.1, -0.05) is 46.3 Å². The Hall–Kier alpha value is -1.69. The van der Waals surface area contributed by atoms with Gasteiger partial charge in [-0.2, -0.15) is 0 Å². The van der Waals surface area contributed by atoms with Crippen LogP contribution in [0, 0.1) is 44.8 Å². The number of ketones is 1. The number of hydrogen-bond acceptors (Lipinski definition) is 4. The van der Waals surface area contributed by atoms with E-state index in [2.05, 4.69) is 19.9 Å². The molecule has 34 heavy (non-hydrogen) atoms. The number of carbonyl (C=O) groups excluding carboxylic acids is 1. The minimum Gasteiger partial charge on any atom is -0.481 e. The van der Waals surface area contributed by atoms with Crippen LogP contribution in [0.3, 0.4) is 0 Å². The van der Waals surface area contributed by atoms with Crippen molar-refractivity contribution in [3.05, 3.63) is 11.6 Å². The van der Waals surface area contributed by atoms with Crippen LogP contribution in [0.2, 0.25) is 0 Å². The van der Waals surface area contributed by atoms with Crippen molar-refractivity contribution in [1.82, 2.24) is 0 Å².